The number of carbonyl (C=O) groups excluding carboxylic acids is 1. The van der Waals surface area contributed by atoms with Crippen LogP contribution in [0.2, 0.25) is 0 Å². The van der Waals surface area contributed by atoms with Gasteiger partial charge in [-0.1, -0.05) is 27.2 Å². The lowest BCUT2D eigenvalue weighted by atomic mass is 9.77. The predicted octanol–water partition coefficient (Wildman–Crippen LogP) is 2.79. The molecule has 19 heavy (non-hydrogen) atoms. The van der Waals surface area contributed by atoms with Crippen molar-refractivity contribution in [2.24, 2.45) is 23.0 Å². The third-order valence-corrected chi connectivity index (χ3v) is 5.86. The second-order valence-electron chi connectivity index (χ2n) is 6.81. The molecule has 2 N–H and O–H groups in total. The first-order valence-electron chi connectivity index (χ1n) is 8.07. The molecule has 0 radical (unpaired) electrons. The molecule has 1 aliphatic heterocycles. The molecule has 1 heterocycles. The van der Waals surface area contributed by atoms with Gasteiger partial charge in [0.15, 0.2) is 0 Å². The van der Waals surface area contributed by atoms with Crippen LogP contribution in [0.15, 0.2) is 0 Å². The summed E-state index contributed by atoms with van der Waals surface area (Å²) in [5.74, 6) is 0.906. The van der Waals surface area contributed by atoms with Gasteiger partial charge in [-0.05, 0) is 43.4 Å². The van der Waals surface area contributed by atoms with Gasteiger partial charge in [0.05, 0.1) is 5.92 Å². The van der Waals surface area contributed by atoms with Crippen molar-refractivity contribution in [3.8, 4) is 0 Å². The van der Waals surface area contributed by atoms with Crippen LogP contribution in [0.25, 0.3) is 0 Å². The summed E-state index contributed by atoms with van der Waals surface area (Å²) in [7, 11) is 0. The fourth-order valence-corrected chi connectivity index (χ4v) is 3.91. The van der Waals surface area contributed by atoms with Crippen LogP contribution in [0.1, 0.15) is 59.3 Å². The monoisotopic (exact) mass is 266 g/mol. The average Bonchev–Trinajstić information content (AvgIpc) is 2.86. The van der Waals surface area contributed by atoms with Crippen molar-refractivity contribution in [1.29, 1.82) is 0 Å². The number of carbonyl (C=O) groups is 1. The summed E-state index contributed by atoms with van der Waals surface area (Å²) in [4.78, 5) is 14.8. The molecule has 2 aliphatic rings. The number of likely N-dealkylation sites (tertiary alicyclic amines) is 1. The Morgan fingerprint density at radius 2 is 2.00 bits per heavy atom. The first kappa shape index (κ1) is 14.8. The van der Waals surface area contributed by atoms with Crippen LogP contribution in [0.5, 0.6) is 0 Å². The minimum Gasteiger partial charge on any atom is -0.342 e. The van der Waals surface area contributed by atoms with Crippen LogP contribution in [-0.4, -0.2) is 29.9 Å². The Morgan fingerprint density at radius 1 is 1.32 bits per heavy atom. The van der Waals surface area contributed by atoms with E-state index in [0.717, 1.165) is 25.9 Å². The third kappa shape index (κ3) is 2.81. The molecule has 1 saturated carbocycles. The van der Waals surface area contributed by atoms with Crippen LogP contribution in [0.4, 0.5) is 0 Å². The highest BCUT2D eigenvalue weighted by Gasteiger charge is 2.41. The van der Waals surface area contributed by atoms with Crippen molar-refractivity contribution >= 4 is 5.91 Å². The smallest absolute Gasteiger partial charge is 0.227 e. The van der Waals surface area contributed by atoms with Gasteiger partial charge in [0.2, 0.25) is 5.91 Å². The molecule has 1 amide bonds. The topological polar surface area (TPSA) is 46.3 Å². The van der Waals surface area contributed by atoms with Gasteiger partial charge >= 0.3 is 0 Å². The van der Waals surface area contributed by atoms with Gasteiger partial charge in [-0.25, -0.2) is 0 Å². The Hall–Kier alpha value is -0.570. The molecule has 0 spiro atoms. The molecular formula is C16H30N2O. The molecule has 3 atom stereocenters. The molecule has 1 aliphatic carbocycles. The summed E-state index contributed by atoms with van der Waals surface area (Å²) in [5.41, 5.74) is 6.65. The first-order chi connectivity index (χ1) is 9.03. The molecular weight excluding hydrogens is 236 g/mol. The summed E-state index contributed by atoms with van der Waals surface area (Å²) in [6, 6.07) is 0.0690. The maximum absolute atomic E-state index is 12.7. The van der Waals surface area contributed by atoms with E-state index in [1.54, 1.807) is 0 Å². The maximum atomic E-state index is 12.7. The second-order valence-corrected chi connectivity index (χ2v) is 6.81. The van der Waals surface area contributed by atoms with Crippen molar-refractivity contribution in [3.05, 3.63) is 0 Å². The average molecular weight is 266 g/mol. The lowest BCUT2D eigenvalue weighted by molar-refractivity contribution is -0.137. The molecule has 2 fully saturated rings. The van der Waals surface area contributed by atoms with Crippen LogP contribution in [-0.2, 0) is 4.79 Å². The number of nitrogens with two attached hydrogens (primary N) is 1. The normalized spacial score (nSPS) is 34.5. The van der Waals surface area contributed by atoms with E-state index in [4.69, 9.17) is 5.73 Å². The molecule has 0 aromatic carbocycles. The van der Waals surface area contributed by atoms with Crippen LogP contribution in [0, 0.1) is 17.3 Å². The summed E-state index contributed by atoms with van der Waals surface area (Å²) in [5, 5.41) is 0. The van der Waals surface area contributed by atoms with Gasteiger partial charge in [0, 0.05) is 19.1 Å². The van der Waals surface area contributed by atoms with Crippen molar-refractivity contribution in [2.45, 2.75) is 65.3 Å². The van der Waals surface area contributed by atoms with Gasteiger partial charge < -0.3 is 10.6 Å². The summed E-state index contributed by atoms with van der Waals surface area (Å²) in [6.07, 6.45) is 6.86. The SMILES string of the molecule is CCC1(CC)CCN(C(=O)C2CCCC(C)C2N)C1. The Kier molecular flexibility index (Phi) is 4.54. The number of amides is 1. The van der Waals surface area contributed by atoms with Gasteiger partial charge in [-0.15, -0.1) is 0 Å². The van der Waals surface area contributed by atoms with Gasteiger partial charge in [-0.2, -0.15) is 0 Å². The fraction of sp³-hybridized carbons (Fsp3) is 0.938. The highest BCUT2D eigenvalue weighted by Crippen LogP contribution is 2.38. The molecule has 0 bridgehead atoms. The Labute approximate surface area is 117 Å². The zero-order valence-electron chi connectivity index (χ0n) is 12.8. The zero-order valence-corrected chi connectivity index (χ0v) is 12.8. The van der Waals surface area contributed by atoms with Crippen LogP contribution >= 0.6 is 0 Å². The van der Waals surface area contributed by atoms with Gasteiger partial charge in [0.25, 0.3) is 0 Å². The number of hydrogen-bond acceptors (Lipinski definition) is 2. The Morgan fingerprint density at radius 3 is 2.58 bits per heavy atom. The fourth-order valence-electron chi connectivity index (χ4n) is 3.91. The second kappa shape index (κ2) is 5.82. The highest BCUT2D eigenvalue weighted by atomic mass is 16.2. The van der Waals surface area contributed by atoms with E-state index in [2.05, 4.69) is 25.7 Å². The van der Waals surface area contributed by atoms with Crippen LogP contribution < -0.4 is 5.73 Å². The van der Waals surface area contributed by atoms with Gasteiger partial charge in [0.1, 0.15) is 0 Å². The number of hydrogen-bond donors (Lipinski definition) is 1. The lowest BCUT2D eigenvalue weighted by Gasteiger charge is -2.35. The van der Waals surface area contributed by atoms with E-state index < -0.39 is 0 Å². The van der Waals surface area contributed by atoms with E-state index >= 15 is 0 Å². The van der Waals surface area contributed by atoms with E-state index in [1.165, 1.54) is 25.7 Å². The summed E-state index contributed by atoms with van der Waals surface area (Å²) >= 11 is 0. The largest absolute Gasteiger partial charge is 0.342 e. The van der Waals surface area contributed by atoms with Gasteiger partial charge in [-0.3, -0.25) is 4.79 Å². The minimum atomic E-state index is 0.0690. The van der Waals surface area contributed by atoms with Crippen molar-refractivity contribution in [1.82, 2.24) is 4.90 Å². The molecule has 110 valence electrons. The molecule has 0 aromatic rings. The minimum absolute atomic E-state index is 0.0690. The van der Waals surface area contributed by atoms with E-state index in [1.807, 2.05) is 0 Å². The quantitative estimate of drug-likeness (QED) is 0.854. The highest BCUT2D eigenvalue weighted by molar-refractivity contribution is 5.80. The first-order valence-corrected chi connectivity index (χ1v) is 8.07. The standard InChI is InChI=1S/C16H30N2O/c1-4-16(5-2)9-10-18(11-16)15(19)13-8-6-7-12(3)14(13)17/h12-14H,4-11,17H2,1-3H3. The van der Waals surface area contributed by atoms with E-state index in [-0.39, 0.29) is 12.0 Å². The Bertz CT molecular complexity index is 325. The molecule has 3 nitrogen and oxygen atoms in total. The number of nitrogens with zero attached hydrogens (tertiary/aromatic N) is 1. The lowest BCUT2D eigenvalue weighted by Crippen LogP contribution is -2.48. The molecule has 0 aromatic heterocycles. The predicted molar refractivity (Wildman–Crippen MR) is 78.7 cm³/mol. The van der Waals surface area contributed by atoms with E-state index in [9.17, 15) is 4.79 Å². The Balaban J connectivity index is 2.01. The van der Waals surface area contributed by atoms with Crippen molar-refractivity contribution in [2.75, 3.05) is 13.1 Å². The van der Waals surface area contributed by atoms with Crippen LogP contribution in [0.3, 0.4) is 0 Å². The summed E-state index contributed by atoms with van der Waals surface area (Å²) < 4.78 is 0. The zero-order chi connectivity index (χ0) is 14.0. The maximum Gasteiger partial charge on any atom is 0.227 e. The third-order valence-electron chi connectivity index (χ3n) is 5.86. The number of rotatable bonds is 3. The molecule has 3 unspecified atom stereocenters. The van der Waals surface area contributed by atoms with E-state index in [0.29, 0.717) is 17.2 Å². The van der Waals surface area contributed by atoms with Crippen molar-refractivity contribution in [3.63, 3.8) is 0 Å². The molecule has 1 saturated heterocycles. The van der Waals surface area contributed by atoms with Crippen molar-refractivity contribution < 1.29 is 4.79 Å². The summed E-state index contributed by atoms with van der Waals surface area (Å²) in [6.45, 7) is 8.60. The molecule has 2 rings (SSSR count). The molecule has 3 heteroatoms.